The Labute approximate surface area is 144 Å². The maximum absolute atomic E-state index is 13.6. The summed E-state index contributed by atoms with van der Waals surface area (Å²) in [5, 5.41) is 0. The van der Waals surface area contributed by atoms with Crippen molar-refractivity contribution in [2.24, 2.45) is 0 Å². The van der Waals surface area contributed by atoms with Crippen LogP contribution in [0.3, 0.4) is 0 Å². The highest BCUT2D eigenvalue weighted by atomic mass is 32.2. The van der Waals surface area contributed by atoms with Crippen molar-refractivity contribution < 1.29 is 23.3 Å². The number of halogens is 1. The van der Waals surface area contributed by atoms with Gasteiger partial charge in [-0.15, -0.1) is 0 Å². The first-order valence-corrected chi connectivity index (χ1v) is 9.04. The third-order valence-electron chi connectivity index (χ3n) is 3.89. The van der Waals surface area contributed by atoms with Gasteiger partial charge in [0, 0.05) is 12.0 Å². The highest BCUT2D eigenvalue weighted by Gasteiger charge is 2.42. The first kappa shape index (κ1) is 17.0. The van der Waals surface area contributed by atoms with Gasteiger partial charge in [-0.2, -0.15) is 0 Å². The van der Waals surface area contributed by atoms with Crippen LogP contribution in [0.1, 0.15) is 31.9 Å². The molecular formula is C16H19FO4S2. The second kappa shape index (κ2) is 6.55. The molecule has 1 aromatic rings. The molecule has 0 saturated carbocycles. The van der Waals surface area contributed by atoms with Crippen LogP contribution < -0.4 is 4.74 Å². The second-order valence-electron chi connectivity index (χ2n) is 6.00. The summed E-state index contributed by atoms with van der Waals surface area (Å²) in [4.78, 5) is 0. The SMILES string of the molecule is CSC(=S)O[C@@H]1C[C@H]([C@@H]2COC(C)(C)O2)Oc2ccc(F)cc21. The predicted octanol–water partition coefficient (Wildman–Crippen LogP) is 3.83. The van der Waals surface area contributed by atoms with Gasteiger partial charge >= 0.3 is 0 Å². The van der Waals surface area contributed by atoms with Crippen molar-refractivity contribution in [1.82, 2.24) is 0 Å². The van der Waals surface area contributed by atoms with Crippen molar-refractivity contribution in [2.75, 3.05) is 12.9 Å². The number of hydrogen-bond acceptors (Lipinski definition) is 6. The lowest BCUT2D eigenvalue weighted by Gasteiger charge is -2.34. The largest absolute Gasteiger partial charge is 0.487 e. The first-order chi connectivity index (χ1) is 10.9. The highest BCUT2D eigenvalue weighted by Crippen LogP contribution is 2.41. The maximum Gasteiger partial charge on any atom is 0.220 e. The van der Waals surface area contributed by atoms with Crippen LogP contribution in [0.4, 0.5) is 4.39 Å². The topological polar surface area (TPSA) is 36.9 Å². The zero-order chi connectivity index (χ0) is 16.6. The predicted molar refractivity (Wildman–Crippen MR) is 90.3 cm³/mol. The van der Waals surface area contributed by atoms with Crippen LogP contribution in [-0.2, 0) is 14.2 Å². The normalized spacial score (nSPS) is 28.8. The summed E-state index contributed by atoms with van der Waals surface area (Å²) in [7, 11) is 0. The minimum Gasteiger partial charge on any atom is -0.487 e. The highest BCUT2D eigenvalue weighted by molar-refractivity contribution is 8.22. The summed E-state index contributed by atoms with van der Waals surface area (Å²) in [6, 6.07) is 4.44. The lowest BCUT2D eigenvalue weighted by atomic mass is 9.96. The Hall–Kier alpha value is -0.890. The molecule has 1 fully saturated rings. The summed E-state index contributed by atoms with van der Waals surface area (Å²) in [5.41, 5.74) is 0.677. The van der Waals surface area contributed by atoms with E-state index >= 15 is 0 Å². The fourth-order valence-electron chi connectivity index (χ4n) is 2.83. The molecule has 23 heavy (non-hydrogen) atoms. The Morgan fingerprint density at radius 1 is 1.39 bits per heavy atom. The minimum absolute atomic E-state index is 0.197. The van der Waals surface area contributed by atoms with E-state index in [1.54, 1.807) is 6.07 Å². The third kappa shape index (κ3) is 3.79. The summed E-state index contributed by atoms with van der Waals surface area (Å²) >= 11 is 6.51. The van der Waals surface area contributed by atoms with Crippen molar-refractivity contribution in [3.63, 3.8) is 0 Å². The molecule has 2 aliphatic rings. The Morgan fingerprint density at radius 3 is 2.83 bits per heavy atom. The van der Waals surface area contributed by atoms with E-state index in [-0.39, 0.29) is 24.1 Å². The molecule has 7 heteroatoms. The molecule has 0 N–H and O–H groups in total. The molecule has 0 aliphatic carbocycles. The third-order valence-corrected chi connectivity index (χ3v) is 4.92. The molecule has 0 unspecified atom stereocenters. The van der Waals surface area contributed by atoms with Crippen molar-refractivity contribution in [3.05, 3.63) is 29.6 Å². The zero-order valence-corrected chi connectivity index (χ0v) is 14.8. The van der Waals surface area contributed by atoms with Crippen LogP contribution >= 0.6 is 24.0 Å². The fourth-order valence-corrected chi connectivity index (χ4v) is 3.16. The molecule has 1 aromatic carbocycles. The Kier molecular flexibility index (Phi) is 4.83. The molecular weight excluding hydrogens is 339 g/mol. The van der Waals surface area contributed by atoms with Crippen molar-refractivity contribution >= 4 is 28.4 Å². The first-order valence-electron chi connectivity index (χ1n) is 7.40. The summed E-state index contributed by atoms with van der Waals surface area (Å²) in [6.45, 7) is 4.19. The number of rotatable bonds is 2. The quantitative estimate of drug-likeness (QED) is 0.748. The standard InChI is InChI=1S/C16H19FO4S2/c1-16(2)18-8-14(21-16)13-7-12(20-15(22)23-3)10-6-9(17)4-5-11(10)19-13/h4-6,12-14H,7-8H2,1-3H3/t12-,13-,14+/m1/s1. The van der Waals surface area contributed by atoms with Crippen LogP contribution in [0.2, 0.25) is 0 Å². The molecule has 3 rings (SSSR count). The summed E-state index contributed by atoms with van der Waals surface area (Å²) in [5.74, 6) is -0.344. The molecule has 1 saturated heterocycles. The average molecular weight is 358 g/mol. The maximum atomic E-state index is 13.6. The smallest absolute Gasteiger partial charge is 0.220 e. The van der Waals surface area contributed by atoms with E-state index < -0.39 is 5.79 Å². The van der Waals surface area contributed by atoms with Gasteiger partial charge in [-0.25, -0.2) is 4.39 Å². The number of hydrogen-bond donors (Lipinski definition) is 0. The van der Waals surface area contributed by atoms with E-state index in [1.165, 1.54) is 23.9 Å². The zero-order valence-electron chi connectivity index (χ0n) is 13.2. The van der Waals surface area contributed by atoms with Gasteiger partial charge in [0.2, 0.25) is 4.38 Å². The number of ether oxygens (including phenoxy) is 4. The molecule has 0 radical (unpaired) electrons. The van der Waals surface area contributed by atoms with Gasteiger partial charge in [0.05, 0.1) is 6.61 Å². The molecule has 4 nitrogen and oxygen atoms in total. The number of fused-ring (bicyclic) bond motifs is 1. The van der Waals surface area contributed by atoms with Crippen LogP contribution in [0.25, 0.3) is 0 Å². The van der Waals surface area contributed by atoms with Crippen LogP contribution in [0.15, 0.2) is 18.2 Å². The Balaban J connectivity index is 1.84. The Morgan fingerprint density at radius 2 is 2.17 bits per heavy atom. The van der Waals surface area contributed by atoms with Crippen molar-refractivity contribution in [2.45, 2.75) is 44.4 Å². The molecule has 3 atom stereocenters. The van der Waals surface area contributed by atoms with Gasteiger partial charge in [0.15, 0.2) is 5.79 Å². The van der Waals surface area contributed by atoms with Gasteiger partial charge in [-0.05, 0) is 50.5 Å². The molecule has 2 heterocycles. The van der Waals surface area contributed by atoms with E-state index in [4.69, 9.17) is 31.2 Å². The second-order valence-corrected chi connectivity index (χ2v) is 7.41. The lowest BCUT2D eigenvalue weighted by molar-refractivity contribution is -0.152. The van der Waals surface area contributed by atoms with E-state index in [2.05, 4.69) is 0 Å². The van der Waals surface area contributed by atoms with Crippen molar-refractivity contribution in [3.8, 4) is 5.75 Å². The summed E-state index contributed by atoms with van der Waals surface area (Å²) in [6.07, 6.45) is 1.59. The molecule has 2 aliphatic heterocycles. The van der Waals surface area contributed by atoms with Gasteiger partial charge < -0.3 is 18.9 Å². The van der Waals surface area contributed by atoms with Crippen LogP contribution in [0, 0.1) is 5.82 Å². The molecule has 0 spiro atoms. The van der Waals surface area contributed by atoms with Gasteiger partial charge in [0.25, 0.3) is 0 Å². The van der Waals surface area contributed by atoms with E-state index in [0.717, 1.165) is 0 Å². The summed E-state index contributed by atoms with van der Waals surface area (Å²) < 4.78 is 37.4. The minimum atomic E-state index is -0.623. The van der Waals surface area contributed by atoms with Crippen molar-refractivity contribution in [1.29, 1.82) is 0 Å². The fraction of sp³-hybridized carbons (Fsp3) is 0.562. The monoisotopic (exact) mass is 358 g/mol. The number of thiocarbonyl (C=S) groups is 1. The van der Waals surface area contributed by atoms with Gasteiger partial charge in [-0.3, -0.25) is 0 Å². The van der Waals surface area contributed by atoms with Crippen LogP contribution in [-0.4, -0.2) is 35.2 Å². The molecule has 126 valence electrons. The molecule has 0 aromatic heterocycles. The van der Waals surface area contributed by atoms with Gasteiger partial charge in [-0.1, -0.05) is 11.8 Å². The number of thioether (sulfide) groups is 1. The van der Waals surface area contributed by atoms with E-state index in [1.807, 2.05) is 20.1 Å². The average Bonchev–Trinajstić information content (AvgIpc) is 2.87. The Bertz CT molecular complexity index is 608. The number of benzene rings is 1. The van der Waals surface area contributed by atoms with Gasteiger partial charge in [0.1, 0.15) is 29.9 Å². The molecule has 0 amide bonds. The van der Waals surface area contributed by atoms with Crippen LogP contribution in [0.5, 0.6) is 5.75 Å². The molecule has 0 bridgehead atoms. The van der Waals surface area contributed by atoms with E-state index in [0.29, 0.717) is 28.7 Å². The lowest BCUT2D eigenvalue weighted by Crippen LogP contribution is -2.39. The van der Waals surface area contributed by atoms with E-state index in [9.17, 15) is 4.39 Å².